The highest BCUT2D eigenvalue weighted by atomic mass is 35.5. The third-order valence-electron chi connectivity index (χ3n) is 6.04. The molecule has 0 spiro atoms. The zero-order valence-corrected chi connectivity index (χ0v) is 22.0. The number of rotatable bonds is 9. The fraction of sp³-hybridized carbons (Fsp3) is 0.222. The van der Waals surface area contributed by atoms with Crippen molar-refractivity contribution in [3.05, 3.63) is 82.9 Å². The Morgan fingerprint density at radius 2 is 1.78 bits per heavy atom. The Morgan fingerprint density at radius 1 is 1.08 bits per heavy atom. The van der Waals surface area contributed by atoms with Gasteiger partial charge < -0.3 is 26.4 Å². The van der Waals surface area contributed by atoms with Crippen molar-refractivity contribution in [1.29, 1.82) is 0 Å². The minimum Gasteiger partial charge on any atom is -0.381 e. The zero-order valence-electron chi connectivity index (χ0n) is 20.4. The second-order valence-corrected chi connectivity index (χ2v) is 9.83. The van der Waals surface area contributed by atoms with Crippen molar-refractivity contribution in [3.63, 3.8) is 0 Å². The topological polar surface area (TPSA) is 121 Å². The van der Waals surface area contributed by atoms with Crippen molar-refractivity contribution in [1.82, 2.24) is 10.3 Å². The molecule has 5 N–H and O–H groups in total. The first-order valence-corrected chi connectivity index (χ1v) is 13.1. The summed E-state index contributed by atoms with van der Waals surface area (Å²) in [6, 6.07) is 18.0. The van der Waals surface area contributed by atoms with Crippen molar-refractivity contribution in [3.8, 4) is 0 Å². The summed E-state index contributed by atoms with van der Waals surface area (Å²) in [4.78, 5) is 32.6. The number of nitrogen functional groups attached to an aromatic ring is 1. The molecule has 0 radical (unpaired) electrons. The zero-order chi connectivity index (χ0) is 26.5. The summed E-state index contributed by atoms with van der Waals surface area (Å²) in [5, 5.41) is 17.3. The summed E-state index contributed by atoms with van der Waals surface area (Å²) in [6.07, 6.45) is -1.62. The van der Waals surface area contributed by atoms with Crippen LogP contribution in [0, 0.1) is 0 Å². The van der Waals surface area contributed by atoms with Crippen LogP contribution in [0.4, 0.5) is 16.5 Å². The van der Waals surface area contributed by atoms with Crippen LogP contribution in [-0.2, 0) is 4.79 Å². The number of hydrogen-bond donors (Lipinski definition) is 4. The van der Waals surface area contributed by atoms with E-state index in [1.54, 1.807) is 54.6 Å². The highest BCUT2D eigenvalue weighted by Crippen LogP contribution is 2.29. The minimum absolute atomic E-state index is 0.318. The first-order valence-electron chi connectivity index (χ1n) is 11.9. The highest BCUT2D eigenvalue weighted by molar-refractivity contribution is 7.22. The largest absolute Gasteiger partial charge is 0.381 e. The van der Waals surface area contributed by atoms with E-state index in [-0.39, 0.29) is 0 Å². The van der Waals surface area contributed by atoms with Gasteiger partial charge in [-0.3, -0.25) is 9.59 Å². The van der Waals surface area contributed by atoms with Crippen LogP contribution < -0.4 is 21.3 Å². The van der Waals surface area contributed by atoms with Gasteiger partial charge in [0.15, 0.2) is 11.2 Å². The Kier molecular flexibility index (Phi) is 8.27. The molecule has 0 saturated carbocycles. The standard InChI is InChI=1S/C27H28ClN5O3S/c1-3-33(4-2)18-12-9-16(10-13-18)25(35)32-23(19-7-5-6-8-20(19)28)24(34)26(36)30-17-11-14-21-22(15-17)37-27(29)31-21/h5-15,23-24,34H,3-4H2,1-2H3,(H2,29,31)(H,30,36)(H,32,35). The molecule has 2 amide bonds. The Hall–Kier alpha value is -3.66. The molecule has 0 fully saturated rings. The number of aliphatic hydroxyl groups excluding tert-OH is 1. The summed E-state index contributed by atoms with van der Waals surface area (Å²) in [6.45, 7) is 5.83. The normalized spacial score (nSPS) is 12.6. The number of nitrogens with zero attached hydrogens (tertiary/aromatic N) is 2. The number of hydrogen-bond acceptors (Lipinski definition) is 7. The van der Waals surface area contributed by atoms with Crippen molar-refractivity contribution in [2.24, 2.45) is 0 Å². The van der Waals surface area contributed by atoms with Crippen LogP contribution in [0.2, 0.25) is 5.02 Å². The van der Waals surface area contributed by atoms with Crippen LogP contribution in [0.1, 0.15) is 35.8 Å². The molecule has 1 aromatic heterocycles. The summed E-state index contributed by atoms with van der Waals surface area (Å²) in [5.41, 5.74) is 8.77. The molecule has 0 bridgehead atoms. The van der Waals surface area contributed by atoms with Gasteiger partial charge >= 0.3 is 0 Å². The average Bonchev–Trinajstić information content (AvgIpc) is 3.27. The lowest BCUT2D eigenvalue weighted by Gasteiger charge is -2.25. The van der Waals surface area contributed by atoms with E-state index < -0.39 is 24.0 Å². The molecule has 4 aromatic rings. The third kappa shape index (κ3) is 6.02. The number of carbonyl (C=O) groups is 2. The number of thiazole rings is 1. The quantitative estimate of drug-likeness (QED) is 0.242. The summed E-state index contributed by atoms with van der Waals surface area (Å²) in [7, 11) is 0. The van der Waals surface area contributed by atoms with Crippen LogP contribution in [0.15, 0.2) is 66.7 Å². The molecule has 8 nitrogen and oxygen atoms in total. The van der Waals surface area contributed by atoms with Gasteiger partial charge in [-0.2, -0.15) is 0 Å². The Labute approximate surface area is 224 Å². The van der Waals surface area contributed by atoms with Crippen molar-refractivity contribution in [2.75, 3.05) is 29.0 Å². The molecular weight excluding hydrogens is 510 g/mol. The lowest BCUT2D eigenvalue weighted by molar-refractivity contribution is -0.125. The maximum Gasteiger partial charge on any atom is 0.255 e. The van der Waals surface area contributed by atoms with Crippen molar-refractivity contribution >= 4 is 61.5 Å². The predicted octanol–water partition coefficient (Wildman–Crippen LogP) is 4.85. The van der Waals surface area contributed by atoms with E-state index in [1.165, 1.54) is 11.3 Å². The van der Waals surface area contributed by atoms with Gasteiger partial charge in [-0.25, -0.2) is 4.98 Å². The first-order chi connectivity index (χ1) is 17.8. The van der Waals surface area contributed by atoms with E-state index in [2.05, 4.69) is 34.4 Å². The van der Waals surface area contributed by atoms with E-state index >= 15 is 0 Å². The third-order valence-corrected chi connectivity index (χ3v) is 7.23. The number of anilines is 3. The maximum absolute atomic E-state index is 13.2. The van der Waals surface area contributed by atoms with Gasteiger partial charge in [0.05, 0.1) is 16.3 Å². The monoisotopic (exact) mass is 537 g/mol. The van der Waals surface area contributed by atoms with E-state index in [9.17, 15) is 14.7 Å². The van der Waals surface area contributed by atoms with Gasteiger partial charge in [0.1, 0.15) is 0 Å². The maximum atomic E-state index is 13.2. The van der Waals surface area contributed by atoms with Crippen molar-refractivity contribution < 1.29 is 14.7 Å². The number of aliphatic hydroxyl groups is 1. The predicted molar refractivity (Wildman–Crippen MR) is 150 cm³/mol. The fourth-order valence-electron chi connectivity index (χ4n) is 4.08. The van der Waals surface area contributed by atoms with E-state index in [1.807, 2.05) is 12.1 Å². The second-order valence-electron chi connectivity index (χ2n) is 8.36. The van der Waals surface area contributed by atoms with Crippen LogP contribution in [0.25, 0.3) is 10.2 Å². The smallest absolute Gasteiger partial charge is 0.255 e. The molecule has 192 valence electrons. The molecule has 2 unspecified atom stereocenters. The van der Waals surface area contributed by atoms with Crippen LogP contribution >= 0.6 is 22.9 Å². The number of fused-ring (bicyclic) bond motifs is 1. The summed E-state index contributed by atoms with van der Waals surface area (Å²) in [5.74, 6) is -1.14. The lowest BCUT2D eigenvalue weighted by Crippen LogP contribution is -2.42. The number of nitrogens with one attached hydrogen (secondary N) is 2. The lowest BCUT2D eigenvalue weighted by atomic mass is 9.99. The van der Waals surface area contributed by atoms with Crippen LogP contribution in [0.5, 0.6) is 0 Å². The number of carbonyl (C=O) groups excluding carboxylic acids is 2. The number of halogens is 1. The molecule has 37 heavy (non-hydrogen) atoms. The summed E-state index contributed by atoms with van der Waals surface area (Å²) >= 11 is 7.69. The van der Waals surface area contributed by atoms with Crippen LogP contribution in [-0.4, -0.2) is 41.1 Å². The molecule has 0 aliphatic carbocycles. The molecular formula is C27H28ClN5O3S. The van der Waals surface area contributed by atoms with Gasteiger partial charge in [0.2, 0.25) is 0 Å². The summed E-state index contributed by atoms with van der Waals surface area (Å²) < 4.78 is 0.800. The Bertz CT molecular complexity index is 1400. The fourth-order valence-corrected chi connectivity index (χ4v) is 5.11. The number of benzene rings is 3. The minimum atomic E-state index is -1.62. The molecule has 10 heteroatoms. The number of aromatic nitrogens is 1. The highest BCUT2D eigenvalue weighted by Gasteiger charge is 2.31. The molecule has 1 heterocycles. The molecule has 0 saturated heterocycles. The van der Waals surface area contributed by atoms with Gasteiger partial charge in [-0.15, -0.1) is 0 Å². The van der Waals surface area contributed by atoms with E-state index in [4.69, 9.17) is 17.3 Å². The van der Waals surface area contributed by atoms with Gasteiger partial charge in [-0.05, 0) is 67.9 Å². The van der Waals surface area contributed by atoms with Gasteiger partial charge in [0, 0.05) is 35.1 Å². The van der Waals surface area contributed by atoms with E-state index in [0.717, 1.165) is 23.5 Å². The van der Waals surface area contributed by atoms with Crippen molar-refractivity contribution in [2.45, 2.75) is 26.0 Å². The second kappa shape index (κ2) is 11.6. The molecule has 3 aromatic carbocycles. The van der Waals surface area contributed by atoms with Gasteiger partial charge in [0.25, 0.3) is 11.8 Å². The molecule has 0 aliphatic rings. The SMILES string of the molecule is CCN(CC)c1ccc(C(=O)NC(c2ccccc2Cl)C(O)C(=O)Nc2ccc3nc(N)sc3c2)cc1. The molecule has 0 aliphatic heterocycles. The van der Waals surface area contributed by atoms with Gasteiger partial charge in [-0.1, -0.05) is 41.1 Å². The Balaban J connectivity index is 1.56. The molecule has 2 atom stereocenters. The first kappa shape index (κ1) is 26.4. The molecule has 4 rings (SSSR count). The Morgan fingerprint density at radius 3 is 2.46 bits per heavy atom. The van der Waals surface area contributed by atoms with Crippen LogP contribution in [0.3, 0.4) is 0 Å². The number of nitrogens with two attached hydrogens (primary N) is 1. The van der Waals surface area contributed by atoms with E-state index in [0.29, 0.717) is 32.5 Å². The average molecular weight is 538 g/mol. The number of amides is 2.